The maximum atomic E-state index is 12.2. The van der Waals surface area contributed by atoms with Crippen molar-refractivity contribution in [3.63, 3.8) is 0 Å². The Labute approximate surface area is 127 Å². The fraction of sp³-hybridized carbons (Fsp3) is 0.615. The molecule has 0 aliphatic carbocycles. The Morgan fingerprint density at radius 2 is 2.05 bits per heavy atom. The van der Waals surface area contributed by atoms with E-state index in [1.807, 2.05) is 6.92 Å². The topological polar surface area (TPSA) is 127 Å². The van der Waals surface area contributed by atoms with E-state index < -0.39 is 22.8 Å². The van der Waals surface area contributed by atoms with Gasteiger partial charge in [-0.2, -0.15) is 5.10 Å². The molecule has 0 saturated heterocycles. The first-order valence-corrected chi connectivity index (χ1v) is 6.94. The lowest BCUT2D eigenvalue weighted by atomic mass is 10.0. The number of nitrogens with one attached hydrogen (secondary N) is 1. The average molecular weight is 312 g/mol. The first kappa shape index (κ1) is 17.6. The van der Waals surface area contributed by atoms with Crippen LogP contribution < -0.4 is 5.32 Å². The molecule has 1 unspecified atom stereocenters. The van der Waals surface area contributed by atoms with Crippen LogP contribution in [0.5, 0.6) is 0 Å². The molecule has 1 aromatic rings. The summed E-state index contributed by atoms with van der Waals surface area (Å²) in [5.74, 6) is -2.42. The van der Waals surface area contributed by atoms with Crippen molar-refractivity contribution in [3.8, 4) is 0 Å². The molecule has 1 amide bonds. The molecule has 0 radical (unpaired) electrons. The van der Waals surface area contributed by atoms with Crippen LogP contribution in [-0.4, -0.2) is 37.7 Å². The minimum absolute atomic E-state index is 0.342. The van der Waals surface area contributed by atoms with Crippen LogP contribution in [0.2, 0.25) is 0 Å². The summed E-state index contributed by atoms with van der Waals surface area (Å²) in [5.41, 5.74) is -0.383. The fourth-order valence-electron chi connectivity index (χ4n) is 2.13. The zero-order valence-electron chi connectivity index (χ0n) is 13.0. The van der Waals surface area contributed by atoms with Gasteiger partial charge in [0.05, 0.1) is 4.92 Å². The van der Waals surface area contributed by atoms with Gasteiger partial charge in [-0.05, 0) is 12.3 Å². The van der Waals surface area contributed by atoms with E-state index in [1.54, 1.807) is 13.8 Å². The van der Waals surface area contributed by atoms with Gasteiger partial charge in [0.25, 0.3) is 5.91 Å². The van der Waals surface area contributed by atoms with Crippen molar-refractivity contribution in [2.75, 3.05) is 0 Å². The van der Waals surface area contributed by atoms with Crippen molar-refractivity contribution < 1.29 is 19.6 Å². The zero-order chi connectivity index (χ0) is 17.0. The van der Waals surface area contributed by atoms with E-state index >= 15 is 0 Å². The third kappa shape index (κ3) is 3.60. The van der Waals surface area contributed by atoms with Gasteiger partial charge in [0.1, 0.15) is 11.7 Å². The van der Waals surface area contributed by atoms with Crippen molar-refractivity contribution in [1.29, 1.82) is 0 Å². The normalized spacial score (nSPS) is 12.2. The van der Waals surface area contributed by atoms with E-state index in [9.17, 15) is 19.7 Å². The van der Waals surface area contributed by atoms with Gasteiger partial charge in [-0.15, -0.1) is 0 Å². The largest absolute Gasteiger partial charge is 0.480 e. The van der Waals surface area contributed by atoms with Crippen molar-refractivity contribution in [2.45, 2.75) is 39.7 Å². The predicted octanol–water partition coefficient (Wildman–Crippen LogP) is 1.12. The number of nitro groups is 1. The Balaban J connectivity index is 3.20. The number of rotatable bonds is 7. The molecule has 2 N–H and O–H groups in total. The van der Waals surface area contributed by atoms with E-state index in [-0.39, 0.29) is 17.3 Å². The Morgan fingerprint density at radius 1 is 1.45 bits per heavy atom. The Hall–Kier alpha value is -2.45. The molecule has 1 heterocycles. The highest BCUT2D eigenvalue weighted by Crippen LogP contribution is 2.24. The van der Waals surface area contributed by atoms with Crippen LogP contribution in [0.25, 0.3) is 0 Å². The number of carboxylic acids is 1. The third-order valence-electron chi connectivity index (χ3n) is 3.24. The van der Waals surface area contributed by atoms with Crippen LogP contribution in [0.3, 0.4) is 0 Å². The number of carboxylic acid groups (broad SMARTS) is 1. The lowest BCUT2D eigenvalue weighted by Crippen LogP contribution is -2.44. The van der Waals surface area contributed by atoms with Gasteiger partial charge in [-0.3, -0.25) is 19.6 Å². The van der Waals surface area contributed by atoms with Crippen LogP contribution in [0, 0.1) is 16.0 Å². The molecule has 0 aliphatic heterocycles. The highest BCUT2D eigenvalue weighted by Gasteiger charge is 2.33. The number of aryl methyl sites for hydroxylation is 1. The second kappa shape index (κ2) is 7.01. The molecular formula is C13H20N4O5. The second-order valence-electron chi connectivity index (χ2n) is 5.31. The molecule has 1 aromatic heterocycles. The molecule has 0 saturated carbocycles. The molecular weight excluding hydrogens is 292 g/mol. The van der Waals surface area contributed by atoms with E-state index in [2.05, 4.69) is 10.4 Å². The summed E-state index contributed by atoms with van der Waals surface area (Å²) < 4.78 is 1.29. The van der Waals surface area contributed by atoms with E-state index in [0.29, 0.717) is 18.5 Å². The molecule has 0 fully saturated rings. The molecule has 9 heteroatoms. The second-order valence-corrected chi connectivity index (χ2v) is 5.31. The SMILES string of the molecule is CCCc1c([N+](=O)[O-])c(C(=O)NC(C(=O)O)C(C)C)nn1C. The maximum absolute atomic E-state index is 12.2. The number of carbonyl (C=O) groups excluding carboxylic acids is 1. The lowest BCUT2D eigenvalue weighted by Gasteiger charge is -2.16. The summed E-state index contributed by atoms with van der Waals surface area (Å²) in [6.07, 6.45) is 1.06. The zero-order valence-corrected chi connectivity index (χ0v) is 13.0. The average Bonchev–Trinajstić information content (AvgIpc) is 2.73. The highest BCUT2D eigenvalue weighted by atomic mass is 16.6. The number of aliphatic carboxylic acids is 1. The quantitative estimate of drug-likeness (QED) is 0.573. The minimum atomic E-state index is -1.20. The number of aromatic nitrogens is 2. The van der Waals surface area contributed by atoms with Gasteiger partial charge in [0.2, 0.25) is 5.69 Å². The van der Waals surface area contributed by atoms with Crippen molar-refractivity contribution >= 4 is 17.6 Å². The summed E-state index contributed by atoms with van der Waals surface area (Å²) in [6, 6.07) is -1.14. The van der Waals surface area contributed by atoms with E-state index in [0.717, 1.165) is 0 Å². The number of hydrogen-bond acceptors (Lipinski definition) is 5. The van der Waals surface area contributed by atoms with Crippen molar-refractivity contribution in [2.24, 2.45) is 13.0 Å². The Morgan fingerprint density at radius 3 is 2.45 bits per heavy atom. The predicted molar refractivity (Wildman–Crippen MR) is 77.6 cm³/mol. The standard InChI is InChI=1S/C13H20N4O5/c1-5-6-8-11(17(21)22)10(15-16(8)4)12(18)14-9(7(2)3)13(19)20/h7,9H,5-6H2,1-4H3,(H,14,18)(H,19,20). The van der Waals surface area contributed by atoms with Gasteiger partial charge >= 0.3 is 11.7 Å². The van der Waals surface area contributed by atoms with Gasteiger partial charge in [0, 0.05) is 7.05 Å². The summed E-state index contributed by atoms with van der Waals surface area (Å²) in [7, 11) is 1.52. The molecule has 9 nitrogen and oxygen atoms in total. The van der Waals surface area contributed by atoms with E-state index in [4.69, 9.17) is 5.11 Å². The van der Waals surface area contributed by atoms with Gasteiger partial charge in [0.15, 0.2) is 0 Å². The molecule has 22 heavy (non-hydrogen) atoms. The first-order chi connectivity index (χ1) is 10.2. The number of carbonyl (C=O) groups is 2. The molecule has 122 valence electrons. The van der Waals surface area contributed by atoms with Gasteiger partial charge in [-0.25, -0.2) is 4.79 Å². The monoisotopic (exact) mass is 312 g/mol. The molecule has 0 spiro atoms. The molecule has 1 rings (SSSR count). The summed E-state index contributed by atoms with van der Waals surface area (Å²) >= 11 is 0. The van der Waals surface area contributed by atoms with Crippen molar-refractivity contribution in [1.82, 2.24) is 15.1 Å². The Kier molecular flexibility index (Phi) is 5.61. The number of amides is 1. The fourth-order valence-corrected chi connectivity index (χ4v) is 2.13. The van der Waals surface area contributed by atoms with Gasteiger partial charge < -0.3 is 10.4 Å². The third-order valence-corrected chi connectivity index (χ3v) is 3.24. The molecule has 0 aliphatic rings. The summed E-state index contributed by atoms with van der Waals surface area (Å²) in [6.45, 7) is 5.12. The van der Waals surface area contributed by atoms with Crippen molar-refractivity contribution in [3.05, 3.63) is 21.5 Å². The van der Waals surface area contributed by atoms with Crippen LogP contribution in [-0.2, 0) is 18.3 Å². The van der Waals surface area contributed by atoms with Crippen LogP contribution in [0.15, 0.2) is 0 Å². The Bertz CT molecular complexity index is 593. The maximum Gasteiger partial charge on any atom is 0.326 e. The number of hydrogen-bond donors (Lipinski definition) is 2. The lowest BCUT2D eigenvalue weighted by molar-refractivity contribution is -0.385. The molecule has 0 bridgehead atoms. The van der Waals surface area contributed by atoms with Gasteiger partial charge in [-0.1, -0.05) is 27.2 Å². The van der Waals surface area contributed by atoms with Crippen LogP contribution >= 0.6 is 0 Å². The number of nitrogens with zero attached hydrogens (tertiary/aromatic N) is 3. The minimum Gasteiger partial charge on any atom is -0.480 e. The smallest absolute Gasteiger partial charge is 0.326 e. The summed E-state index contributed by atoms with van der Waals surface area (Å²) in [5, 5.41) is 26.5. The molecule has 0 aromatic carbocycles. The molecule has 1 atom stereocenters. The highest BCUT2D eigenvalue weighted by molar-refractivity contribution is 5.98. The van der Waals surface area contributed by atoms with Crippen LogP contribution in [0.1, 0.15) is 43.4 Å². The first-order valence-electron chi connectivity index (χ1n) is 6.94. The van der Waals surface area contributed by atoms with E-state index in [1.165, 1.54) is 11.7 Å². The van der Waals surface area contributed by atoms with Crippen LogP contribution in [0.4, 0.5) is 5.69 Å². The summed E-state index contributed by atoms with van der Waals surface area (Å²) in [4.78, 5) is 33.9.